The van der Waals surface area contributed by atoms with E-state index in [9.17, 15) is 9.18 Å². The first-order valence-electron chi connectivity index (χ1n) is 4.11. The highest BCUT2D eigenvalue weighted by Crippen LogP contribution is 2.09. The normalized spacial score (nSPS) is 10.5. The second-order valence-electron chi connectivity index (χ2n) is 2.91. The molecule has 0 spiro atoms. The smallest absolute Gasteiger partial charge is 0.276 e. The standard InChI is InChI=1S/C9H6FNOS3/c10-7-3-1-2-6(4-7)5-11-8(12)14-15-9(11)13/h1-4H,5H2. The Labute approximate surface area is 97.6 Å². The Balaban J connectivity index is 2.38. The summed E-state index contributed by atoms with van der Waals surface area (Å²) in [4.78, 5) is 11.3. The number of hydrogen-bond acceptors (Lipinski definition) is 4. The van der Waals surface area contributed by atoms with E-state index in [1.807, 2.05) is 0 Å². The topological polar surface area (TPSA) is 22.0 Å². The molecule has 0 unspecified atom stereocenters. The van der Waals surface area contributed by atoms with Crippen LogP contribution in [0.3, 0.4) is 0 Å². The average molecular weight is 259 g/mol. The second-order valence-corrected chi connectivity index (χ2v) is 5.63. The van der Waals surface area contributed by atoms with Crippen LogP contribution in [-0.2, 0) is 6.54 Å². The Morgan fingerprint density at radius 3 is 2.80 bits per heavy atom. The molecule has 15 heavy (non-hydrogen) atoms. The van der Waals surface area contributed by atoms with Gasteiger partial charge in [0.2, 0.25) is 0 Å². The van der Waals surface area contributed by atoms with Crippen LogP contribution in [0.15, 0.2) is 29.1 Å². The molecule has 2 aromatic rings. The van der Waals surface area contributed by atoms with Gasteiger partial charge in [0.25, 0.3) is 0 Å². The van der Waals surface area contributed by atoms with Gasteiger partial charge >= 0.3 is 4.87 Å². The molecule has 6 heteroatoms. The molecule has 2 rings (SSSR count). The maximum absolute atomic E-state index is 12.9. The minimum atomic E-state index is -0.301. The summed E-state index contributed by atoms with van der Waals surface area (Å²) in [5, 5.41) is 0. The zero-order valence-corrected chi connectivity index (χ0v) is 9.92. The van der Waals surface area contributed by atoms with E-state index in [-0.39, 0.29) is 10.7 Å². The summed E-state index contributed by atoms with van der Waals surface area (Å²) in [7, 11) is 2.37. The highest BCUT2D eigenvalue weighted by atomic mass is 32.9. The molecule has 0 aliphatic carbocycles. The molecule has 78 valence electrons. The number of rotatable bonds is 2. The van der Waals surface area contributed by atoms with Crippen LogP contribution in [0.5, 0.6) is 0 Å². The van der Waals surface area contributed by atoms with Gasteiger partial charge in [-0.05, 0) is 50.6 Å². The van der Waals surface area contributed by atoms with Crippen LogP contribution in [-0.4, -0.2) is 4.57 Å². The number of benzene rings is 1. The van der Waals surface area contributed by atoms with E-state index in [0.717, 1.165) is 15.9 Å². The number of aromatic nitrogens is 1. The number of halogens is 1. The molecule has 0 saturated heterocycles. The predicted molar refractivity (Wildman–Crippen MR) is 62.8 cm³/mol. The van der Waals surface area contributed by atoms with Crippen LogP contribution >= 0.6 is 32.9 Å². The van der Waals surface area contributed by atoms with Crippen LogP contribution < -0.4 is 4.87 Å². The summed E-state index contributed by atoms with van der Waals surface area (Å²) >= 11 is 5.00. The lowest BCUT2D eigenvalue weighted by Crippen LogP contribution is -2.13. The molecule has 1 heterocycles. The Bertz CT molecular complexity index is 556. The van der Waals surface area contributed by atoms with Gasteiger partial charge in [0.1, 0.15) is 5.82 Å². The fourth-order valence-electron chi connectivity index (χ4n) is 1.18. The lowest BCUT2D eigenvalue weighted by molar-refractivity contribution is 0.623. The third kappa shape index (κ3) is 2.39. The fourth-order valence-corrected chi connectivity index (χ4v) is 3.35. The first-order valence-corrected chi connectivity index (χ1v) is 6.67. The van der Waals surface area contributed by atoms with Crippen LogP contribution in [0.2, 0.25) is 0 Å². The number of hydrogen-bond donors (Lipinski definition) is 0. The molecule has 0 aliphatic rings. The maximum Gasteiger partial charge on any atom is 0.319 e. The quantitative estimate of drug-likeness (QED) is 0.611. The lowest BCUT2D eigenvalue weighted by atomic mass is 10.2. The van der Waals surface area contributed by atoms with Crippen molar-refractivity contribution in [3.05, 3.63) is 49.3 Å². The van der Waals surface area contributed by atoms with E-state index < -0.39 is 0 Å². The van der Waals surface area contributed by atoms with E-state index in [0.29, 0.717) is 10.5 Å². The molecule has 1 aromatic heterocycles. The van der Waals surface area contributed by atoms with Gasteiger partial charge in [-0.15, -0.1) is 0 Å². The van der Waals surface area contributed by atoms with Gasteiger partial charge in [-0.2, -0.15) is 0 Å². The minimum Gasteiger partial charge on any atom is -0.276 e. The fraction of sp³-hybridized carbons (Fsp3) is 0.111. The van der Waals surface area contributed by atoms with E-state index >= 15 is 0 Å². The van der Waals surface area contributed by atoms with Gasteiger partial charge in [0, 0.05) is 0 Å². The van der Waals surface area contributed by atoms with Crippen LogP contribution in [0.4, 0.5) is 4.39 Å². The van der Waals surface area contributed by atoms with Crippen LogP contribution in [0.1, 0.15) is 5.56 Å². The SMILES string of the molecule is O=c1ssc(=S)n1Cc1cccc(F)c1. The molecule has 1 aromatic carbocycles. The molecule has 0 bridgehead atoms. The predicted octanol–water partition coefficient (Wildman–Crippen LogP) is 2.89. The summed E-state index contributed by atoms with van der Waals surface area (Å²) in [5.74, 6) is -0.301. The Kier molecular flexibility index (Phi) is 3.08. The molecule has 0 amide bonds. The molecule has 0 saturated carbocycles. The van der Waals surface area contributed by atoms with Gasteiger partial charge < -0.3 is 0 Å². The van der Waals surface area contributed by atoms with Gasteiger partial charge in [-0.3, -0.25) is 9.36 Å². The van der Waals surface area contributed by atoms with Crippen molar-refractivity contribution in [2.45, 2.75) is 6.54 Å². The first kappa shape index (κ1) is 10.7. The maximum atomic E-state index is 12.9. The molecule has 0 aliphatic heterocycles. The monoisotopic (exact) mass is 259 g/mol. The Morgan fingerprint density at radius 1 is 1.40 bits per heavy atom. The van der Waals surface area contributed by atoms with Crippen LogP contribution in [0, 0.1) is 9.77 Å². The molecular weight excluding hydrogens is 253 g/mol. The summed E-state index contributed by atoms with van der Waals surface area (Å²) in [5.41, 5.74) is 0.744. The molecule has 0 fully saturated rings. The minimum absolute atomic E-state index is 0.0886. The van der Waals surface area contributed by atoms with E-state index in [1.54, 1.807) is 12.1 Å². The first-order chi connectivity index (χ1) is 7.16. The molecular formula is C9H6FNOS3. The summed E-state index contributed by atoms with van der Waals surface area (Å²) in [6.45, 7) is 0.343. The highest BCUT2D eigenvalue weighted by molar-refractivity contribution is 7.79. The van der Waals surface area contributed by atoms with Gasteiger partial charge in [-0.1, -0.05) is 12.1 Å². The zero-order valence-electron chi connectivity index (χ0n) is 7.47. The molecule has 2 nitrogen and oxygen atoms in total. The van der Waals surface area contributed by atoms with Gasteiger partial charge in [-0.25, -0.2) is 4.39 Å². The van der Waals surface area contributed by atoms with Crippen molar-refractivity contribution in [1.29, 1.82) is 0 Å². The average Bonchev–Trinajstić information content (AvgIpc) is 2.50. The third-order valence-corrected chi connectivity index (χ3v) is 4.60. The highest BCUT2D eigenvalue weighted by Gasteiger charge is 2.03. The Morgan fingerprint density at radius 2 is 2.20 bits per heavy atom. The summed E-state index contributed by atoms with van der Waals surface area (Å²) < 4.78 is 14.9. The van der Waals surface area contributed by atoms with Gasteiger partial charge in [0.15, 0.2) is 3.95 Å². The Hall–Kier alpha value is -0.850. The van der Waals surface area contributed by atoms with Crippen molar-refractivity contribution in [1.82, 2.24) is 4.57 Å². The third-order valence-electron chi connectivity index (χ3n) is 1.85. The largest absolute Gasteiger partial charge is 0.319 e. The lowest BCUT2D eigenvalue weighted by Gasteiger charge is -2.00. The number of nitrogens with zero attached hydrogens (tertiary/aromatic N) is 1. The second kappa shape index (κ2) is 4.34. The summed E-state index contributed by atoms with van der Waals surface area (Å²) in [6.07, 6.45) is 0. The van der Waals surface area contributed by atoms with E-state index in [1.165, 1.54) is 27.0 Å². The van der Waals surface area contributed by atoms with Crippen molar-refractivity contribution in [3.8, 4) is 0 Å². The molecule has 0 atom stereocenters. The van der Waals surface area contributed by atoms with Crippen molar-refractivity contribution >= 4 is 32.9 Å². The van der Waals surface area contributed by atoms with Crippen LogP contribution in [0.25, 0.3) is 0 Å². The molecule has 0 radical (unpaired) electrons. The zero-order chi connectivity index (χ0) is 10.8. The van der Waals surface area contributed by atoms with Gasteiger partial charge in [0.05, 0.1) is 6.54 Å². The van der Waals surface area contributed by atoms with E-state index in [2.05, 4.69) is 0 Å². The van der Waals surface area contributed by atoms with E-state index in [4.69, 9.17) is 12.2 Å². The van der Waals surface area contributed by atoms with Crippen molar-refractivity contribution in [3.63, 3.8) is 0 Å². The van der Waals surface area contributed by atoms with Crippen molar-refractivity contribution < 1.29 is 4.39 Å². The summed E-state index contributed by atoms with van der Waals surface area (Å²) in [6, 6.07) is 6.17. The van der Waals surface area contributed by atoms with Crippen molar-refractivity contribution in [2.75, 3.05) is 0 Å². The molecule has 0 N–H and O–H groups in total. The van der Waals surface area contributed by atoms with Crippen molar-refractivity contribution in [2.24, 2.45) is 0 Å².